The molecule has 1 atom stereocenters. The lowest BCUT2D eigenvalue weighted by molar-refractivity contribution is -0.908. The summed E-state index contributed by atoms with van der Waals surface area (Å²) in [5, 5.41) is 13.7. The molecule has 0 spiro atoms. The van der Waals surface area contributed by atoms with Gasteiger partial charge in [0.2, 0.25) is 5.78 Å². The molecule has 2 heterocycles. The average Bonchev–Trinajstić information content (AvgIpc) is 3.17. The lowest BCUT2D eigenvalue weighted by Crippen LogP contribution is -3.14. The smallest absolute Gasteiger partial charge is 0.295 e. The van der Waals surface area contributed by atoms with E-state index in [9.17, 15) is 14.7 Å². The predicted octanol–water partition coefficient (Wildman–Crippen LogP) is 0.242. The van der Waals surface area contributed by atoms with E-state index in [0.29, 0.717) is 49.0 Å². The van der Waals surface area contributed by atoms with Gasteiger partial charge < -0.3 is 33.9 Å². The number of hydrogen-bond donors (Lipinski definition) is 1. The van der Waals surface area contributed by atoms with Gasteiger partial charge in [0, 0.05) is 24.1 Å². The maximum Gasteiger partial charge on any atom is 0.295 e. The molecule has 36 heavy (non-hydrogen) atoms. The Morgan fingerprint density at radius 2 is 1.75 bits per heavy atom. The van der Waals surface area contributed by atoms with Gasteiger partial charge in [0.15, 0.2) is 0 Å². The van der Waals surface area contributed by atoms with E-state index in [2.05, 4.69) is 0 Å². The summed E-state index contributed by atoms with van der Waals surface area (Å²) in [6, 6.07) is 10.8. The van der Waals surface area contributed by atoms with Crippen molar-refractivity contribution in [3.63, 3.8) is 0 Å². The average molecular weight is 497 g/mol. The molecule has 0 radical (unpaired) electrons. The summed E-state index contributed by atoms with van der Waals surface area (Å²) in [6.07, 6.45) is 0.678. The van der Waals surface area contributed by atoms with E-state index in [-0.39, 0.29) is 11.1 Å². The number of hydrogen-bond acceptors (Lipinski definition) is 7. The van der Waals surface area contributed by atoms with Gasteiger partial charge in [-0.2, -0.15) is 0 Å². The molecular formula is C27H32N2O7. The molecule has 0 aliphatic carbocycles. The molecule has 1 N–H and O–H groups in total. The van der Waals surface area contributed by atoms with Crippen LogP contribution >= 0.6 is 0 Å². The molecule has 1 unspecified atom stereocenters. The summed E-state index contributed by atoms with van der Waals surface area (Å²) in [4.78, 5) is 29.5. The van der Waals surface area contributed by atoms with E-state index in [1.165, 1.54) is 31.1 Å². The number of quaternary nitrogens is 1. The van der Waals surface area contributed by atoms with Crippen molar-refractivity contribution in [3.05, 3.63) is 59.2 Å². The number of amides is 1. The molecule has 9 nitrogen and oxygen atoms in total. The van der Waals surface area contributed by atoms with Gasteiger partial charge in [-0.15, -0.1) is 0 Å². The minimum absolute atomic E-state index is 0.0986. The van der Waals surface area contributed by atoms with Gasteiger partial charge in [-0.1, -0.05) is 17.9 Å². The van der Waals surface area contributed by atoms with Gasteiger partial charge in [0.25, 0.3) is 5.91 Å². The molecule has 9 heteroatoms. The first-order valence-electron chi connectivity index (χ1n) is 12.0. The predicted molar refractivity (Wildman–Crippen MR) is 130 cm³/mol. The maximum absolute atomic E-state index is 13.7. The summed E-state index contributed by atoms with van der Waals surface area (Å²) in [5.41, 5.74) is 0.705. The largest absolute Gasteiger partial charge is 0.872 e. The Hall–Kier alpha value is -3.56. The number of carbonyl (C=O) groups excluding carboxylic acids is 2. The second kappa shape index (κ2) is 11.5. The summed E-state index contributed by atoms with van der Waals surface area (Å²) in [5.74, 6) is -0.515. The van der Waals surface area contributed by atoms with Crippen molar-refractivity contribution < 1.29 is 38.5 Å². The number of ketones is 1. The van der Waals surface area contributed by atoms with Crippen LogP contribution in [0.25, 0.3) is 5.76 Å². The van der Waals surface area contributed by atoms with Gasteiger partial charge in [-0.3, -0.25) is 9.59 Å². The molecule has 4 rings (SSSR count). The maximum atomic E-state index is 13.7. The van der Waals surface area contributed by atoms with Crippen LogP contribution in [0.15, 0.2) is 48.0 Å². The fraction of sp³-hybridized carbons (Fsp3) is 0.407. The lowest BCUT2D eigenvalue weighted by Gasteiger charge is -2.30. The zero-order chi connectivity index (χ0) is 25.7. The SMILES string of the molecule is COc1cccc(C([O-])=C2C(=O)C(=O)N(CCC[NH+]3CCOCC3)C2c2cc(OC)ccc2OC)c1. The van der Waals surface area contributed by atoms with Crippen LogP contribution in [0.3, 0.4) is 0 Å². The normalized spacial score (nSPS) is 20.0. The third-order valence-electron chi connectivity index (χ3n) is 6.72. The zero-order valence-corrected chi connectivity index (χ0v) is 20.9. The number of ether oxygens (including phenoxy) is 4. The lowest BCUT2D eigenvalue weighted by atomic mass is 9.94. The van der Waals surface area contributed by atoms with Crippen LogP contribution in [0.4, 0.5) is 0 Å². The van der Waals surface area contributed by atoms with Crippen molar-refractivity contribution >= 4 is 17.4 Å². The number of morpholine rings is 1. The third-order valence-corrected chi connectivity index (χ3v) is 6.72. The molecule has 2 aromatic carbocycles. The van der Waals surface area contributed by atoms with Crippen LogP contribution in [-0.2, 0) is 14.3 Å². The van der Waals surface area contributed by atoms with Crippen molar-refractivity contribution in [2.24, 2.45) is 0 Å². The molecule has 0 bridgehead atoms. The molecule has 0 aromatic heterocycles. The van der Waals surface area contributed by atoms with Gasteiger partial charge >= 0.3 is 0 Å². The molecule has 1 amide bonds. The molecule has 2 aromatic rings. The summed E-state index contributed by atoms with van der Waals surface area (Å²) >= 11 is 0. The number of nitrogens with zero attached hydrogens (tertiary/aromatic N) is 1. The number of Topliss-reactive ketones (excluding diaryl/α,β-unsaturated/α-hetero) is 1. The van der Waals surface area contributed by atoms with Crippen molar-refractivity contribution in [1.29, 1.82) is 0 Å². The molecule has 2 saturated heterocycles. The number of benzene rings is 2. The van der Waals surface area contributed by atoms with Crippen molar-refractivity contribution in [2.45, 2.75) is 12.5 Å². The highest BCUT2D eigenvalue weighted by atomic mass is 16.5. The Balaban J connectivity index is 1.76. The van der Waals surface area contributed by atoms with Gasteiger partial charge in [0.05, 0.1) is 47.1 Å². The molecule has 2 aliphatic heterocycles. The Labute approximate surface area is 210 Å². The minimum atomic E-state index is -0.895. The zero-order valence-electron chi connectivity index (χ0n) is 20.9. The molecule has 0 saturated carbocycles. The fourth-order valence-corrected chi connectivity index (χ4v) is 4.81. The van der Waals surface area contributed by atoms with E-state index in [1.807, 2.05) is 0 Å². The van der Waals surface area contributed by atoms with Crippen molar-refractivity contribution in [1.82, 2.24) is 4.90 Å². The summed E-state index contributed by atoms with van der Waals surface area (Å²) < 4.78 is 21.7. The van der Waals surface area contributed by atoms with Gasteiger partial charge in [-0.25, -0.2) is 0 Å². The second-order valence-electron chi connectivity index (χ2n) is 8.78. The van der Waals surface area contributed by atoms with E-state index in [1.54, 1.807) is 42.5 Å². The Morgan fingerprint density at radius 1 is 1.03 bits per heavy atom. The van der Waals surface area contributed by atoms with Crippen LogP contribution < -0.4 is 24.2 Å². The number of rotatable bonds is 9. The van der Waals surface area contributed by atoms with E-state index in [4.69, 9.17) is 18.9 Å². The molecular weight excluding hydrogens is 464 g/mol. The van der Waals surface area contributed by atoms with Gasteiger partial charge in [0.1, 0.15) is 30.3 Å². The topological polar surface area (TPSA) is 102 Å². The Kier molecular flexibility index (Phi) is 8.12. The number of methoxy groups -OCH3 is 3. The second-order valence-corrected chi connectivity index (χ2v) is 8.78. The van der Waals surface area contributed by atoms with Crippen LogP contribution in [0.2, 0.25) is 0 Å². The first-order valence-corrected chi connectivity index (χ1v) is 12.0. The van der Waals surface area contributed by atoms with Crippen LogP contribution in [0, 0.1) is 0 Å². The van der Waals surface area contributed by atoms with Gasteiger partial charge in [-0.05, 0) is 35.9 Å². The number of nitrogens with one attached hydrogen (secondary N) is 1. The number of carbonyl (C=O) groups is 2. The van der Waals surface area contributed by atoms with Crippen molar-refractivity contribution in [2.75, 3.05) is 60.7 Å². The third kappa shape index (κ3) is 5.17. The van der Waals surface area contributed by atoms with Crippen LogP contribution in [0.1, 0.15) is 23.6 Å². The summed E-state index contributed by atoms with van der Waals surface area (Å²) in [6.45, 7) is 4.41. The molecule has 2 aliphatic rings. The quantitative estimate of drug-likeness (QED) is 0.302. The monoisotopic (exact) mass is 496 g/mol. The van der Waals surface area contributed by atoms with Crippen molar-refractivity contribution in [3.8, 4) is 17.2 Å². The van der Waals surface area contributed by atoms with Crippen LogP contribution in [0.5, 0.6) is 17.2 Å². The Morgan fingerprint density at radius 3 is 2.44 bits per heavy atom. The minimum Gasteiger partial charge on any atom is -0.872 e. The summed E-state index contributed by atoms with van der Waals surface area (Å²) in [7, 11) is 4.55. The highest BCUT2D eigenvalue weighted by molar-refractivity contribution is 6.46. The Bertz CT molecular complexity index is 1140. The first-order chi connectivity index (χ1) is 17.5. The standard InChI is InChI=1S/C27H32N2O7/c1-33-19-7-4-6-18(16-19)25(30)23-24(21-17-20(34-2)8-9-22(21)35-3)29(27(32)26(23)31)11-5-10-28-12-14-36-15-13-28/h4,6-9,16-17,24,30H,5,10-15H2,1-3H3. The van der Waals surface area contributed by atoms with E-state index in [0.717, 1.165) is 19.6 Å². The molecule has 2 fully saturated rings. The molecule has 192 valence electrons. The fourth-order valence-electron chi connectivity index (χ4n) is 4.81. The highest BCUT2D eigenvalue weighted by Gasteiger charge is 2.45. The van der Waals surface area contributed by atoms with E-state index < -0.39 is 23.5 Å². The highest BCUT2D eigenvalue weighted by Crippen LogP contribution is 2.43. The number of likely N-dealkylation sites (tertiary alicyclic amines) is 1. The van der Waals surface area contributed by atoms with E-state index >= 15 is 0 Å². The van der Waals surface area contributed by atoms with Crippen LogP contribution in [-0.4, -0.2) is 77.3 Å². The first kappa shape index (κ1) is 25.5.